The highest BCUT2D eigenvalue weighted by Crippen LogP contribution is 2.16. The molecule has 1 heterocycles. The number of benzene rings is 1. The molecule has 0 unspecified atom stereocenters. The zero-order valence-corrected chi connectivity index (χ0v) is 12.3. The van der Waals surface area contributed by atoms with E-state index in [0.717, 1.165) is 4.31 Å². The Morgan fingerprint density at radius 2 is 1.81 bits per heavy atom. The fourth-order valence-electron chi connectivity index (χ4n) is 2.12. The molecule has 0 bridgehead atoms. The first-order valence-electron chi connectivity index (χ1n) is 6.65. The SMILES string of the molecule is O=S(=O)(N1CCOCC1)N(Cc1ccccc1)CC(F)F. The molecule has 0 radical (unpaired) electrons. The standard InChI is InChI=1S/C13H18F2N2O3S/c14-13(15)11-17(10-12-4-2-1-3-5-12)21(18,19)16-6-8-20-9-7-16/h1-5,13H,6-11H2. The van der Waals surface area contributed by atoms with Gasteiger partial charge in [0.25, 0.3) is 16.6 Å². The van der Waals surface area contributed by atoms with Crippen molar-refractivity contribution < 1.29 is 21.9 Å². The molecule has 1 aliphatic rings. The molecule has 1 aromatic rings. The maximum Gasteiger partial charge on any atom is 0.282 e. The van der Waals surface area contributed by atoms with E-state index in [4.69, 9.17) is 4.74 Å². The fourth-order valence-corrected chi connectivity index (χ4v) is 3.67. The molecule has 5 nitrogen and oxygen atoms in total. The highest BCUT2D eigenvalue weighted by Gasteiger charge is 2.32. The molecule has 21 heavy (non-hydrogen) atoms. The van der Waals surface area contributed by atoms with Gasteiger partial charge in [0.2, 0.25) is 0 Å². The third kappa shape index (κ3) is 4.44. The van der Waals surface area contributed by atoms with Crippen LogP contribution in [0.1, 0.15) is 5.56 Å². The number of hydrogen-bond donors (Lipinski definition) is 0. The van der Waals surface area contributed by atoms with Crippen LogP contribution in [0.2, 0.25) is 0 Å². The second-order valence-electron chi connectivity index (χ2n) is 4.69. The molecule has 118 valence electrons. The van der Waals surface area contributed by atoms with Crippen LogP contribution in [-0.4, -0.2) is 56.3 Å². The summed E-state index contributed by atoms with van der Waals surface area (Å²) in [7, 11) is -3.91. The van der Waals surface area contributed by atoms with Gasteiger partial charge in [0.1, 0.15) is 0 Å². The van der Waals surface area contributed by atoms with Gasteiger partial charge in [-0.1, -0.05) is 30.3 Å². The van der Waals surface area contributed by atoms with E-state index in [1.165, 1.54) is 4.31 Å². The van der Waals surface area contributed by atoms with Crippen molar-refractivity contribution in [1.29, 1.82) is 0 Å². The Labute approximate surface area is 123 Å². The molecule has 0 aliphatic carbocycles. The minimum absolute atomic E-state index is 0.0646. The number of ether oxygens (including phenoxy) is 1. The lowest BCUT2D eigenvalue weighted by atomic mass is 10.2. The smallest absolute Gasteiger partial charge is 0.282 e. The molecule has 1 saturated heterocycles. The van der Waals surface area contributed by atoms with Gasteiger partial charge in [-0.25, -0.2) is 8.78 Å². The van der Waals surface area contributed by atoms with Gasteiger partial charge in [-0.3, -0.25) is 0 Å². The van der Waals surface area contributed by atoms with Gasteiger partial charge in [0.15, 0.2) is 0 Å². The topological polar surface area (TPSA) is 49.9 Å². The Morgan fingerprint density at radius 3 is 2.38 bits per heavy atom. The Morgan fingerprint density at radius 1 is 1.19 bits per heavy atom. The summed E-state index contributed by atoms with van der Waals surface area (Å²) in [5, 5.41) is 0. The Balaban J connectivity index is 2.17. The third-order valence-corrected chi connectivity index (χ3v) is 5.11. The van der Waals surface area contributed by atoms with Crippen molar-refractivity contribution in [2.75, 3.05) is 32.8 Å². The maximum absolute atomic E-state index is 12.7. The van der Waals surface area contributed by atoms with Crippen LogP contribution in [0.3, 0.4) is 0 Å². The first-order valence-corrected chi connectivity index (χ1v) is 8.05. The zero-order valence-electron chi connectivity index (χ0n) is 11.5. The van der Waals surface area contributed by atoms with E-state index in [2.05, 4.69) is 0 Å². The predicted molar refractivity (Wildman–Crippen MR) is 74.2 cm³/mol. The van der Waals surface area contributed by atoms with Crippen LogP contribution in [-0.2, 0) is 21.5 Å². The molecule has 0 saturated carbocycles. The van der Waals surface area contributed by atoms with Crippen LogP contribution < -0.4 is 0 Å². The fraction of sp³-hybridized carbons (Fsp3) is 0.538. The van der Waals surface area contributed by atoms with E-state index in [0.29, 0.717) is 5.56 Å². The number of alkyl halides is 2. The van der Waals surface area contributed by atoms with E-state index in [1.807, 2.05) is 0 Å². The Hall–Kier alpha value is -1.09. The second-order valence-corrected chi connectivity index (χ2v) is 6.62. The minimum atomic E-state index is -3.91. The second kappa shape index (κ2) is 7.26. The average Bonchev–Trinajstić information content (AvgIpc) is 2.48. The summed E-state index contributed by atoms with van der Waals surface area (Å²) in [5.74, 6) is 0. The minimum Gasteiger partial charge on any atom is -0.379 e. The first kappa shape index (κ1) is 16.3. The van der Waals surface area contributed by atoms with Gasteiger partial charge in [0.05, 0.1) is 19.8 Å². The number of hydrogen-bond acceptors (Lipinski definition) is 3. The zero-order chi connectivity index (χ0) is 15.3. The molecule has 0 aromatic heterocycles. The quantitative estimate of drug-likeness (QED) is 0.794. The van der Waals surface area contributed by atoms with Crippen LogP contribution >= 0.6 is 0 Å². The van der Waals surface area contributed by atoms with E-state index >= 15 is 0 Å². The summed E-state index contributed by atoms with van der Waals surface area (Å²) < 4.78 is 57.6. The van der Waals surface area contributed by atoms with Crippen molar-refractivity contribution in [3.05, 3.63) is 35.9 Å². The van der Waals surface area contributed by atoms with E-state index in [9.17, 15) is 17.2 Å². The van der Waals surface area contributed by atoms with Crippen molar-refractivity contribution in [3.63, 3.8) is 0 Å². The summed E-state index contributed by atoms with van der Waals surface area (Å²) in [6.07, 6.45) is -2.72. The molecule has 0 N–H and O–H groups in total. The molecule has 0 spiro atoms. The van der Waals surface area contributed by atoms with Crippen molar-refractivity contribution in [2.24, 2.45) is 0 Å². The average molecular weight is 320 g/mol. The van der Waals surface area contributed by atoms with Crippen molar-refractivity contribution >= 4 is 10.2 Å². The molecule has 2 rings (SSSR count). The molecule has 0 amide bonds. The number of rotatable bonds is 6. The number of nitrogens with zero attached hydrogens (tertiary/aromatic N) is 2. The number of morpholine rings is 1. The van der Waals surface area contributed by atoms with Gasteiger partial charge >= 0.3 is 0 Å². The number of halogens is 2. The van der Waals surface area contributed by atoms with Crippen LogP contribution in [0.15, 0.2) is 30.3 Å². The van der Waals surface area contributed by atoms with Gasteiger partial charge in [-0.2, -0.15) is 17.0 Å². The molecular formula is C13H18F2N2O3S. The summed E-state index contributed by atoms with van der Waals surface area (Å²) in [4.78, 5) is 0. The lowest BCUT2D eigenvalue weighted by molar-refractivity contribution is 0.0665. The van der Waals surface area contributed by atoms with Crippen LogP contribution in [0.4, 0.5) is 8.78 Å². The van der Waals surface area contributed by atoms with Gasteiger partial charge < -0.3 is 4.74 Å². The Kier molecular flexibility index (Phi) is 5.63. The molecule has 1 aromatic carbocycles. The summed E-state index contributed by atoms with van der Waals surface area (Å²) in [6, 6.07) is 8.71. The maximum atomic E-state index is 12.7. The van der Waals surface area contributed by atoms with E-state index in [-0.39, 0.29) is 32.8 Å². The molecular weight excluding hydrogens is 302 g/mol. The van der Waals surface area contributed by atoms with Gasteiger partial charge in [-0.05, 0) is 5.56 Å². The summed E-state index contributed by atoms with van der Waals surface area (Å²) >= 11 is 0. The highest BCUT2D eigenvalue weighted by molar-refractivity contribution is 7.86. The first-order chi connectivity index (χ1) is 10.00. The largest absolute Gasteiger partial charge is 0.379 e. The predicted octanol–water partition coefficient (Wildman–Crippen LogP) is 1.33. The lowest BCUT2D eigenvalue weighted by Gasteiger charge is -2.32. The molecule has 1 fully saturated rings. The van der Waals surface area contributed by atoms with Crippen LogP contribution in [0.25, 0.3) is 0 Å². The van der Waals surface area contributed by atoms with Crippen molar-refractivity contribution in [2.45, 2.75) is 13.0 Å². The normalized spacial score (nSPS) is 17.5. The van der Waals surface area contributed by atoms with E-state index < -0.39 is 23.2 Å². The van der Waals surface area contributed by atoms with Crippen LogP contribution in [0.5, 0.6) is 0 Å². The third-order valence-electron chi connectivity index (χ3n) is 3.17. The molecule has 8 heteroatoms. The molecule has 0 atom stereocenters. The van der Waals surface area contributed by atoms with Gasteiger partial charge in [-0.15, -0.1) is 0 Å². The Bertz CT molecular complexity index is 534. The highest BCUT2D eigenvalue weighted by atomic mass is 32.2. The van der Waals surface area contributed by atoms with E-state index in [1.54, 1.807) is 30.3 Å². The summed E-state index contributed by atoms with van der Waals surface area (Å²) in [5.41, 5.74) is 0.676. The monoisotopic (exact) mass is 320 g/mol. The molecule has 1 aliphatic heterocycles. The van der Waals surface area contributed by atoms with Crippen molar-refractivity contribution in [3.8, 4) is 0 Å². The van der Waals surface area contributed by atoms with Gasteiger partial charge in [0, 0.05) is 19.6 Å². The summed E-state index contributed by atoms with van der Waals surface area (Å²) in [6.45, 7) is 0.0767. The van der Waals surface area contributed by atoms with Crippen LogP contribution in [0, 0.1) is 0 Å². The lowest BCUT2D eigenvalue weighted by Crippen LogP contribution is -2.49. The van der Waals surface area contributed by atoms with Crippen molar-refractivity contribution in [1.82, 2.24) is 8.61 Å².